The van der Waals surface area contributed by atoms with Crippen molar-refractivity contribution in [2.45, 2.75) is 31.3 Å². The van der Waals surface area contributed by atoms with Crippen molar-refractivity contribution in [2.24, 2.45) is 11.5 Å². The van der Waals surface area contributed by atoms with Gasteiger partial charge in [-0.15, -0.1) is 9.90 Å². The largest absolute Gasteiger partial charge is 0.480 e. The zero-order valence-corrected chi connectivity index (χ0v) is 11.8. The number of nitrogens with two attached hydrogens (primary N) is 2. The van der Waals surface area contributed by atoms with Crippen LogP contribution in [0.1, 0.15) is 24.1 Å². The molecule has 118 valence electrons. The molecule has 0 fully saturated rings. The van der Waals surface area contributed by atoms with Gasteiger partial charge in [-0.1, -0.05) is 0 Å². The number of aromatic nitrogens is 3. The van der Waals surface area contributed by atoms with Crippen LogP contribution < -0.4 is 11.5 Å². The molecule has 2 aromatic heterocycles. The Morgan fingerprint density at radius 1 is 1.32 bits per heavy atom. The van der Waals surface area contributed by atoms with Crippen molar-refractivity contribution in [1.29, 1.82) is 0 Å². The standard InChI is InChI=1S/C13H17N5O4/c14-8(3-1-4-9(15)13(20)21)12(19)18-16-7-10(17-18)11-5-2-6-22-11/h2,5-9H,1,3-4,14-15H2,(H,20,21)/t8?,9-/m0/s1. The lowest BCUT2D eigenvalue weighted by Gasteiger charge is -2.10. The van der Waals surface area contributed by atoms with Crippen molar-refractivity contribution < 1.29 is 19.1 Å². The highest BCUT2D eigenvalue weighted by Gasteiger charge is 2.20. The van der Waals surface area contributed by atoms with E-state index in [4.69, 9.17) is 21.0 Å². The lowest BCUT2D eigenvalue weighted by molar-refractivity contribution is -0.138. The molecule has 0 bridgehead atoms. The number of carbonyl (C=O) groups excluding carboxylic acids is 1. The average Bonchev–Trinajstić information content (AvgIpc) is 3.16. The van der Waals surface area contributed by atoms with E-state index in [2.05, 4.69) is 10.2 Å². The summed E-state index contributed by atoms with van der Waals surface area (Å²) in [5, 5.41) is 16.5. The number of aliphatic carboxylic acids is 1. The highest BCUT2D eigenvalue weighted by molar-refractivity contribution is 5.82. The van der Waals surface area contributed by atoms with Gasteiger partial charge in [0.15, 0.2) is 5.76 Å². The van der Waals surface area contributed by atoms with E-state index in [-0.39, 0.29) is 6.42 Å². The maximum atomic E-state index is 12.1. The Kier molecular flexibility index (Phi) is 5.02. The van der Waals surface area contributed by atoms with Gasteiger partial charge in [0.05, 0.1) is 18.5 Å². The summed E-state index contributed by atoms with van der Waals surface area (Å²) in [4.78, 5) is 23.6. The normalized spacial score (nSPS) is 13.7. The van der Waals surface area contributed by atoms with E-state index in [1.165, 1.54) is 12.5 Å². The number of carboxylic acid groups (broad SMARTS) is 1. The molecule has 0 amide bonds. The quantitative estimate of drug-likeness (QED) is 0.651. The summed E-state index contributed by atoms with van der Waals surface area (Å²) in [7, 11) is 0. The molecular weight excluding hydrogens is 290 g/mol. The minimum Gasteiger partial charge on any atom is -0.480 e. The van der Waals surface area contributed by atoms with Gasteiger partial charge in [0, 0.05) is 0 Å². The Morgan fingerprint density at radius 2 is 2.05 bits per heavy atom. The van der Waals surface area contributed by atoms with Crippen LogP contribution >= 0.6 is 0 Å². The van der Waals surface area contributed by atoms with Crippen LogP contribution in [-0.4, -0.2) is 44.1 Å². The highest BCUT2D eigenvalue weighted by atomic mass is 16.4. The second-order valence-corrected chi connectivity index (χ2v) is 4.82. The molecule has 2 rings (SSSR count). The molecule has 0 spiro atoms. The average molecular weight is 307 g/mol. The van der Waals surface area contributed by atoms with E-state index in [1.807, 2.05) is 0 Å². The monoisotopic (exact) mass is 307 g/mol. The highest BCUT2D eigenvalue weighted by Crippen LogP contribution is 2.15. The number of hydrogen-bond donors (Lipinski definition) is 3. The van der Waals surface area contributed by atoms with Crippen LogP contribution in [0, 0.1) is 0 Å². The van der Waals surface area contributed by atoms with E-state index in [0.717, 1.165) is 4.80 Å². The van der Waals surface area contributed by atoms with E-state index < -0.39 is 24.0 Å². The van der Waals surface area contributed by atoms with Gasteiger partial charge in [0.2, 0.25) is 0 Å². The van der Waals surface area contributed by atoms with Crippen LogP contribution in [0.2, 0.25) is 0 Å². The molecule has 5 N–H and O–H groups in total. The first kappa shape index (κ1) is 15.9. The summed E-state index contributed by atoms with van der Waals surface area (Å²) in [6.45, 7) is 0. The second kappa shape index (κ2) is 6.96. The SMILES string of the molecule is NC(CCC[C@H](N)C(=O)O)C(=O)n1ncc(-c2ccco2)n1. The van der Waals surface area contributed by atoms with E-state index in [0.29, 0.717) is 24.3 Å². The summed E-state index contributed by atoms with van der Waals surface area (Å²) in [6.07, 6.45) is 3.88. The fraction of sp³-hybridized carbons (Fsp3) is 0.385. The number of rotatable bonds is 7. The van der Waals surface area contributed by atoms with E-state index in [1.54, 1.807) is 12.1 Å². The lowest BCUT2D eigenvalue weighted by atomic mass is 10.1. The van der Waals surface area contributed by atoms with Crippen LogP contribution in [0.4, 0.5) is 0 Å². The molecule has 0 radical (unpaired) electrons. The molecule has 0 aliphatic carbocycles. The Balaban J connectivity index is 1.89. The molecule has 0 aromatic carbocycles. The summed E-state index contributed by atoms with van der Waals surface area (Å²) < 4.78 is 5.16. The third kappa shape index (κ3) is 3.77. The number of hydrogen-bond acceptors (Lipinski definition) is 7. The van der Waals surface area contributed by atoms with Crippen molar-refractivity contribution in [1.82, 2.24) is 15.0 Å². The van der Waals surface area contributed by atoms with Gasteiger partial charge in [-0.25, -0.2) is 0 Å². The Bertz CT molecular complexity index is 637. The van der Waals surface area contributed by atoms with Crippen molar-refractivity contribution >= 4 is 11.9 Å². The lowest BCUT2D eigenvalue weighted by Crippen LogP contribution is -2.37. The number of carboxylic acids is 1. The van der Waals surface area contributed by atoms with Crippen molar-refractivity contribution in [3.63, 3.8) is 0 Å². The van der Waals surface area contributed by atoms with Crippen LogP contribution in [0.25, 0.3) is 11.5 Å². The maximum absolute atomic E-state index is 12.1. The molecular formula is C13H17N5O4. The number of nitrogens with zero attached hydrogens (tertiary/aromatic N) is 3. The first-order valence-corrected chi connectivity index (χ1v) is 6.73. The molecule has 0 saturated carbocycles. The number of furan rings is 1. The fourth-order valence-electron chi connectivity index (χ4n) is 1.86. The molecule has 9 heteroatoms. The van der Waals surface area contributed by atoms with Gasteiger partial charge in [-0.05, 0) is 31.4 Å². The van der Waals surface area contributed by atoms with Gasteiger partial charge >= 0.3 is 5.97 Å². The van der Waals surface area contributed by atoms with Gasteiger partial charge in [-0.2, -0.15) is 5.10 Å². The Labute approximate surface area is 125 Å². The molecule has 0 saturated heterocycles. The van der Waals surface area contributed by atoms with Gasteiger partial charge in [0.25, 0.3) is 5.91 Å². The van der Waals surface area contributed by atoms with Crippen molar-refractivity contribution in [3.8, 4) is 11.5 Å². The van der Waals surface area contributed by atoms with Crippen LogP contribution in [0.3, 0.4) is 0 Å². The van der Waals surface area contributed by atoms with E-state index >= 15 is 0 Å². The van der Waals surface area contributed by atoms with Gasteiger partial charge < -0.3 is 21.0 Å². The molecule has 1 unspecified atom stereocenters. The fourth-order valence-corrected chi connectivity index (χ4v) is 1.86. The summed E-state index contributed by atoms with van der Waals surface area (Å²) >= 11 is 0. The summed E-state index contributed by atoms with van der Waals surface area (Å²) in [5.74, 6) is -1.04. The van der Waals surface area contributed by atoms with Gasteiger partial charge in [0.1, 0.15) is 11.7 Å². The molecule has 2 aromatic rings. The first-order valence-electron chi connectivity index (χ1n) is 6.73. The van der Waals surface area contributed by atoms with E-state index in [9.17, 15) is 9.59 Å². The smallest absolute Gasteiger partial charge is 0.320 e. The molecule has 0 aliphatic heterocycles. The predicted molar refractivity (Wildman–Crippen MR) is 75.8 cm³/mol. The first-order chi connectivity index (χ1) is 10.5. The molecule has 2 atom stereocenters. The number of carbonyl (C=O) groups is 2. The van der Waals surface area contributed by atoms with Crippen LogP contribution in [0.5, 0.6) is 0 Å². The summed E-state index contributed by atoms with van der Waals surface area (Å²) in [5.41, 5.74) is 11.6. The maximum Gasteiger partial charge on any atom is 0.320 e. The van der Waals surface area contributed by atoms with Crippen molar-refractivity contribution in [3.05, 3.63) is 24.6 Å². The Hall–Kier alpha value is -2.52. The zero-order chi connectivity index (χ0) is 16.1. The summed E-state index contributed by atoms with van der Waals surface area (Å²) in [6, 6.07) is 1.63. The van der Waals surface area contributed by atoms with Crippen molar-refractivity contribution in [2.75, 3.05) is 0 Å². The van der Waals surface area contributed by atoms with Crippen LogP contribution in [-0.2, 0) is 4.79 Å². The molecule has 0 aliphatic rings. The van der Waals surface area contributed by atoms with Crippen LogP contribution in [0.15, 0.2) is 29.0 Å². The minimum absolute atomic E-state index is 0.250. The molecule has 9 nitrogen and oxygen atoms in total. The molecule has 22 heavy (non-hydrogen) atoms. The zero-order valence-electron chi connectivity index (χ0n) is 11.8. The third-order valence-electron chi connectivity index (χ3n) is 3.13. The Morgan fingerprint density at radius 3 is 2.68 bits per heavy atom. The van der Waals surface area contributed by atoms with Gasteiger partial charge in [-0.3, -0.25) is 9.59 Å². The third-order valence-corrected chi connectivity index (χ3v) is 3.13. The second-order valence-electron chi connectivity index (χ2n) is 4.82. The minimum atomic E-state index is -1.07. The predicted octanol–water partition coefficient (Wildman–Crippen LogP) is 0.0878. The molecule has 2 heterocycles. The topological polar surface area (TPSA) is 150 Å².